The second kappa shape index (κ2) is 7.73. The first-order valence-electron chi connectivity index (χ1n) is 7.57. The summed E-state index contributed by atoms with van der Waals surface area (Å²) in [5.41, 5.74) is 0.0996. The summed E-state index contributed by atoms with van der Waals surface area (Å²) in [6.07, 6.45) is 2.34. The molecule has 0 saturated carbocycles. The number of furan rings is 1. The molecular formula is C16H21N3O4. The zero-order valence-electron chi connectivity index (χ0n) is 13.2. The van der Waals surface area contributed by atoms with Crippen LogP contribution in [0.4, 0.5) is 0 Å². The summed E-state index contributed by atoms with van der Waals surface area (Å²) in [5, 5.41) is 16.2. The molecule has 0 spiro atoms. The van der Waals surface area contributed by atoms with Crippen LogP contribution in [0.2, 0.25) is 0 Å². The Hall–Kier alpha value is -2.41. The van der Waals surface area contributed by atoms with E-state index in [-0.39, 0.29) is 36.6 Å². The van der Waals surface area contributed by atoms with Gasteiger partial charge in [0.05, 0.1) is 18.9 Å². The molecule has 7 heteroatoms. The first-order valence-corrected chi connectivity index (χ1v) is 7.57. The summed E-state index contributed by atoms with van der Waals surface area (Å²) in [4.78, 5) is 24.0. The molecule has 2 aromatic heterocycles. The quantitative estimate of drug-likeness (QED) is 0.794. The summed E-state index contributed by atoms with van der Waals surface area (Å²) >= 11 is 0. The smallest absolute Gasteiger partial charge is 0.267 e. The third-order valence-electron chi connectivity index (χ3n) is 3.81. The zero-order valence-corrected chi connectivity index (χ0v) is 13.2. The van der Waals surface area contributed by atoms with Crippen molar-refractivity contribution in [1.29, 1.82) is 0 Å². The second-order valence-electron chi connectivity index (χ2n) is 5.43. The van der Waals surface area contributed by atoms with Gasteiger partial charge in [0.1, 0.15) is 12.2 Å². The van der Waals surface area contributed by atoms with Gasteiger partial charge >= 0.3 is 0 Å². The van der Waals surface area contributed by atoms with E-state index in [0.29, 0.717) is 11.5 Å². The van der Waals surface area contributed by atoms with Crippen LogP contribution in [0, 0.1) is 5.92 Å². The number of rotatable bonds is 7. The maximum atomic E-state index is 12.1. The molecule has 2 atom stereocenters. The van der Waals surface area contributed by atoms with Gasteiger partial charge in [0.25, 0.3) is 5.56 Å². The van der Waals surface area contributed by atoms with E-state index in [1.165, 1.54) is 12.3 Å². The number of nitrogens with zero attached hydrogens (tertiary/aromatic N) is 2. The van der Waals surface area contributed by atoms with E-state index in [2.05, 4.69) is 10.4 Å². The van der Waals surface area contributed by atoms with Crippen molar-refractivity contribution in [2.75, 3.05) is 6.61 Å². The van der Waals surface area contributed by atoms with E-state index in [0.717, 1.165) is 11.1 Å². The number of amides is 1. The number of aromatic nitrogens is 2. The summed E-state index contributed by atoms with van der Waals surface area (Å²) in [5.74, 6) is 0.297. The molecule has 0 bridgehead atoms. The van der Waals surface area contributed by atoms with Crippen molar-refractivity contribution >= 4 is 5.91 Å². The molecule has 0 aliphatic rings. The van der Waals surface area contributed by atoms with Gasteiger partial charge in [-0.1, -0.05) is 20.3 Å². The summed E-state index contributed by atoms with van der Waals surface area (Å²) < 4.78 is 6.32. The lowest BCUT2D eigenvalue weighted by molar-refractivity contribution is -0.123. The van der Waals surface area contributed by atoms with Crippen LogP contribution in [0.15, 0.2) is 39.7 Å². The van der Waals surface area contributed by atoms with Crippen LogP contribution in [-0.2, 0) is 11.3 Å². The third kappa shape index (κ3) is 4.29. The first kappa shape index (κ1) is 17.0. The molecule has 0 fully saturated rings. The van der Waals surface area contributed by atoms with Gasteiger partial charge in [-0.2, -0.15) is 5.10 Å². The molecule has 0 aromatic carbocycles. The van der Waals surface area contributed by atoms with E-state index in [1.54, 1.807) is 18.2 Å². The average molecular weight is 319 g/mol. The van der Waals surface area contributed by atoms with E-state index >= 15 is 0 Å². The molecule has 7 nitrogen and oxygen atoms in total. The Kier molecular flexibility index (Phi) is 5.70. The molecule has 0 radical (unpaired) electrons. The number of aliphatic hydroxyl groups excluding tert-OH is 1. The number of aliphatic hydroxyl groups is 1. The second-order valence-corrected chi connectivity index (χ2v) is 5.43. The van der Waals surface area contributed by atoms with Crippen molar-refractivity contribution in [3.8, 4) is 11.5 Å². The molecule has 0 aliphatic heterocycles. The van der Waals surface area contributed by atoms with Crippen molar-refractivity contribution in [3.63, 3.8) is 0 Å². The Morgan fingerprint density at radius 2 is 2.22 bits per heavy atom. The fourth-order valence-corrected chi connectivity index (χ4v) is 2.16. The monoisotopic (exact) mass is 319 g/mol. The summed E-state index contributed by atoms with van der Waals surface area (Å²) in [7, 11) is 0. The number of hydrogen-bond acceptors (Lipinski definition) is 5. The molecule has 2 heterocycles. The summed E-state index contributed by atoms with van der Waals surface area (Å²) in [6.45, 7) is 3.58. The highest BCUT2D eigenvalue weighted by Gasteiger charge is 2.18. The largest absolute Gasteiger partial charge is 0.463 e. The summed E-state index contributed by atoms with van der Waals surface area (Å²) in [6, 6.07) is 6.00. The van der Waals surface area contributed by atoms with Crippen molar-refractivity contribution in [3.05, 3.63) is 40.9 Å². The molecular weight excluding hydrogens is 298 g/mol. The van der Waals surface area contributed by atoms with E-state index in [4.69, 9.17) is 4.42 Å². The van der Waals surface area contributed by atoms with Crippen LogP contribution in [0.3, 0.4) is 0 Å². The highest BCUT2D eigenvalue weighted by atomic mass is 16.3. The highest BCUT2D eigenvalue weighted by molar-refractivity contribution is 5.76. The molecule has 2 rings (SSSR count). The van der Waals surface area contributed by atoms with E-state index in [9.17, 15) is 14.7 Å². The van der Waals surface area contributed by atoms with Crippen molar-refractivity contribution < 1.29 is 14.3 Å². The standard InChI is InChI=1S/C16H21N3O4/c1-3-11(2)13(10-20)17-15(21)9-19-16(22)7-6-12(18-19)14-5-4-8-23-14/h4-8,11,13,20H,3,9-10H2,1-2H3,(H,17,21)/t11-,13+/m0/s1. The van der Waals surface area contributed by atoms with Crippen LogP contribution in [0.5, 0.6) is 0 Å². The van der Waals surface area contributed by atoms with Gasteiger partial charge in [-0.15, -0.1) is 0 Å². The van der Waals surface area contributed by atoms with Gasteiger partial charge in [-0.3, -0.25) is 9.59 Å². The maximum Gasteiger partial charge on any atom is 0.267 e. The number of nitrogens with one attached hydrogen (secondary N) is 1. The topological polar surface area (TPSA) is 97.4 Å². The van der Waals surface area contributed by atoms with Gasteiger partial charge in [0.2, 0.25) is 5.91 Å². The predicted molar refractivity (Wildman–Crippen MR) is 84.7 cm³/mol. The minimum absolute atomic E-state index is 0.142. The van der Waals surface area contributed by atoms with Crippen LogP contribution < -0.4 is 10.9 Å². The lowest BCUT2D eigenvalue weighted by Gasteiger charge is -2.22. The minimum atomic E-state index is -0.375. The Labute approximate surface area is 133 Å². The highest BCUT2D eigenvalue weighted by Crippen LogP contribution is 2.15. The molecule has 124 valence electrons. The fraction of sp³-hybridized carbons (Fsp3) is 0.438. The molecule has 0 unspecified atom stereocenters. The Morgan fingerprint density at radius 1 is 1.43 bits per heavy atom. The van der Waals surface area contributed by atoms with Gasteiger partial charge in [-0.25, -0.2) is 4.68 Å². The normalized spacial score (nSPS) is 13.5. The third-order valence-corrected chi connectivity index (χ3v) is 3.81. The maximum absolute atomic E-state index is 12.1. The molecule has 23 heavy (non-hydrogen) atoms. The van der Waals surface area contributed by atoms with Gasteiger partial charge < -0.3 is 14.8 Å². The lowest BCUT2D eigenvalue weighted by atomic mass is 10.00. The molecule has 2 N–H and O–H groups in total. The number of hydrogen-bond donors (Lipinski definition) is 2. The van der Waals surface area contributed by atoms with Crippen LogP contribution >= 0.6 is 0 Å². The minimum Gasteiger partial charge on any atom is -0.463 e. The molecule has 2 aromatic rings. The van der Waals surface area contributed by atoms with Crippen LogP contribution in [0.25, 0.3) is 11.5 Å². The molecule has 0 aliphatic carbocycles. The average Bonchev–Trinajstić information content (AvgIpc) is 3.08. The van der Waals surface area contributed by atoms with E-state index < -0.39 is 0 Å². The number of carbonyl (C=O) groups is 1. The van der Waals surface area contributed by atoms with E-state index in [1.807, 2.05) is 13.8 Å². The van der Waals surface area contributed by atoms with Gasteiger partial charge in [-0.05, 0) is 24.1 Å². The SMILES string of the molecule is CC[C@H](C)[C@@H](CO)NC(=O)Cn1nc(-c2ccco2)ccc1=O. The van der Waals surface area contributed by atoms with Crippen molar-refractivity contribution in [1.82, 2.24) is 15.1 Å². The van der Waals surface area contributed by atoms with Gasteiger partial charge in [0.15, 0.2) is 5.76 Å². The lowest BCUT2D eigenvalue weighted by Crippen LogP contribution is -2.44. The molecule has 1 amide bonds. The van der Waals surface area contributed by atoms with Crippen molar-refractivity contribution in [2.45, 2.75) is 32.9 Å². The first-order chi connectivity index (χ1) is 11.0. The Balaban J connectivity index is 2.11. The zero-order chi connectivity index (χ0) is 16.8. The number of carbonyl (C=O) groups excluding carboxylic acids is 1. The Bertz CT molecular complexity index is 694. The predicted octanol–water partition coefficient (Wildman–Crippen LogP) is 1.03. The Morgan fingerprint density at radius 3 is 2.83 bits per heavy atom. The van der Waals surface area contributed by atoms with Crippen molar-refractivity contribution in [2.24, 2.45) is 5.92 Å². The fourth-order valence-electron chi connectivity index (χ4n) is 2.16. The van der Waals surface area contributed by atoms with Crippen LogP contribution in [0.1, 0.15) is 20.3 Å². The molecule has 0 saturated heterocycles. The van der Waals surface area contributed by atoms with Gasteiger partial charge in [0, 0.05) is 6.07 Å². The van der Waals surface area contributed by atoms with Crippen LogP contribution in [-0.4, -0.2) is 33.4 Å².